The molecule has 1 unspecified atom stereocenters. The lowest BCUT2D eigenvalue weighted by atomic mass is 9.99. The van der Waals surface area contributed by atoms with Gasteiger partial charge in [0.2, 0.25) is 0 Å². The fraction of sp³-hybridized carbons (Fsp3) is 0.538. The van der Waals surface area contributed by atoms with Crippen molar-refractivity contribution in [3.05, 3.63) is 28.8 Å². The van der Waals surface area contributed by atoms with Crippen LogP contribution in [0.2, 0.25) is 5.02 Å². The maximum absolute atomic E-state index is 9.32. The summed E-state index contributed by atoms with van der Waals surface area (Å²) in [5, 5.41) is 10.0. The van der Waals surface area contributed by atoms with E-state index in [2.05, 4.69) is 4.90 Å². The summed E-state index contributed by atoms with van der Waals surface area (Å²) in [6, 6.07) is 5.89. The van der Waals surface area contributed by atoms with Crippen LogP contribution in [0, 0.1) is 0 Å². The maximum Gasteiger partial charge on any atom is 0.0642 e. The van der Waals surface area contributed by atoms with E-state index in [4.69, 9.17) is 16.3 Å². The standard InChI is InChI=1S/C13H18ClNO2/c1-10(9-16)12-8-11(14)2-3-13(12)15-4-6-17-7-5-15/h2-3,8,10,16H,4-7,9H2,1H3. The van der Waals surface area contributed by atoms with Gasteiger partial charge in [0, 0.05) is 36.3 Å². The van der Waals surface area contributed by atoms with E-state index < -0.39 is 0 Å². The van der Waals surface area contributed by atoms with E-state index in [1.807, 2.05) is 25.1 Å². The summed E-state index contributed by atoms with van der Waals surface area (Å²) in [5.41, 5.74) is 2.28. The van der Waals surface area contributed by atoms with Gasteiger partial charge in [-0.1, -0.05) is 18.5 Å². The Morgan fingerprint density at radius 2 is 2.12 bits per heavy atom. The van der Waals surface area contributed by atoms with Gasteiger partial charge < -0.3 is 14.7 Å². The molecule has 0 amide bonds. The third-order valence-electron chi connectivity index (χ3n) is 3.15. The highest BCUT2D eigenvalue weighted by molar-refractivity contribution is 6.30. The molecule has 0 saturated carbocycles. The second kappa shape index (κ2) is 5.71. The Bertz CT molecular complexity index is 378. The van der Waals surface area contributed by atoms with E-state index in [1.54, 1.807) is 0 Å². The minimum Gasteiger partial charge on any atom is -0.396 e. The Morgan fingerprint density at radius 1 is 1.41 bits per heavy atom. The van der Waals surface area contributed by atoms with E-state index >= 15 is 0 Å². The Hall–Kier alpha value is -0.770. The number of anilines is 1. The molecule has 2 rings (SSSR count). The zero-order chi connectivity index (χ0) is 12.3. The van der Waals surface area contributed by atoms with Crippen LogP contribution in [0.4, 0.5) is 5.69 Å². The van der Waals surface area contributed by atoms with Gasteiger partial charge in [0.15, 0.2) is 0 Å². The summed E-state index contributed by atoms with van der Waals surface area (Å²) in [6.07, 6.45) is 0. The largest absolute Gasteiger partial charge is 0.396 e. The van der Waals surface area contributed by atoms with Crippen LogP contribution in [-0.4, -0.2) is 38.0 Å². The number of hydrogen-bond donors (Lipinski definition) is 1. The number of rotatable bonds is 3. The van der Waals surface area contributed by atoms with Gasteiger partial charge in [0.05, 0.1) is 13.2 Å². The summed E-state index contributed by atoms with van der Waals surface area (Å²) in [4.78, 5) is 2.29. The molecule has 1 aliphatic heterocycles. The van der Waals surface area contributed by atoms with Crippen molar-refractivity contribution in [1.29, 1.82) is 0 Å². The van der Waals surface area contributed by atoms with Crippen LogP contribution in [0.3, 0.4) is 0 Å². The van der Waals surface area contributed by atoms with Gasteiger partial charge in [-0.05, 0) is 23.8 Å². The first kappa shape index (κ1) is 12.7. The third-order valence-corrected chi connectivity index (χ3v) is 3.38. The predicted octanol–water partition coefficient (Wildman–Crippen LogP) is 2.27. The molecule has 1 aromatic rings. The molecule has 1 fully saturated rings. The SMILES string of the molecule is CC(CO)c1cc(Cl)ccc1N1CCOCC1. The second-order valence-electron chi connectivity index (χ2n) is 4.39. The lowest BCUT2D eigenvalue weighted by Crippen LogP contribution is -2.37. The van der Waals surface area contributed by atoms with Gasteiger partial charge in [0.25, 0.3) is 0 Å². The molecule has 0 aromatic heterocycles. The van der Waals surface area contributed by atoms with Gasteiger partial charge >= 0.3 is 0 Å². The van der Waals surface area contributed by atoms with Crippen LogP contribution in [0.15, 0.2) is 18.2 Å². The molecule has 4 heteroatoms. The molecular formula is C13H18ClNO2. The van der Waals surface area contributed by atoms with Crippen LogP contribution in [0.5, 0.6) is 0 Å². The van der Waals surface area contributed by atoms with Crippen molar-refractivity contribution in [1.82, 2.24) is 0 Å². The Morgan fingerprint density at radius 3 is 2.76 bits per heavy atom. The van der Waals surface area contributed by atoms with Crippen LogP contribution in [-0.2, 0) is 4.74 Å². The monoisotopic (exact) mass is 255 g/mol. The number of aliphatic hydroxyl groups is 1. The summed E-state index contributed by atoms with van der Waals surface area (Å²) < 4.78 is 5.35. The summed E-state index contributed by atoms with van der Waals surface area (Å²) in [7, 11) is 0. The summed E-state index contributed by atoms with van der Waals surface area (Å²) >= 11 is 6.03. The van der Waals surface area contributed by atoms with E-state index in [0.717, 1.165) is 36.9 Å². The highest BCUT2D eigenvalue weighted by Crippen LogP contribution is 2.30. The van der Waals surface area contributed by atoms with Gasteiger partial charge in [-0.2, -0.15) is 0 Å². The minimum absolute atomic E-state index is 0.103. The molecule has 0 aliphatic carbocycles. The van der Waals surface area contributed by atoms with Crippen molar-refractivity contribution in [2.45, 2.75) is 12.8 Å². The molecule has 94 valence electrons. The van der Waals surface area contributed by atoms with Crippen LogP contribution in [0.25, 0.3) is 0 Å². The first-order chi connectivity index (χ1) is 8.22. The molecule has 1 atom stereocenters. The van der Waals surface area contributed by atoms with Gasteiger partial charge in [0.1, 0.15) is 0 Å². The first-order valence-corrected chi connectivity index (χ1v) is 6.33. The molecule has 1 N–H and O–H groups in total. The first-order valence-electron chi connectivity index (χ1n) is 5.95. The quantitative estimate of drug-likeness (QED) is 0.900. The van der Waals surface area contributed by atoms with Gasteiger partial charge in [-0.3, -0.25) is 0 Å². The molecule has 1 aromatic carbocycles. The van der Waals surface area contributed by atoms with Crippen molar-refractivity contribution in [3.8, 4) is 0 Å². The van der Waals surface area contributed by atoms with E-state index in [1.165, 1.54) is 5.69 Å². The van der Waals surface area contributed by atoms with Gasteiger partial charge in [-0.15, -0.1) is 0 Å². The van der Waals surface area contributed by atoms with Crippen LogP contribution in [0.1, 0.15) is 18.4 Å². The normalized spacial score (nSPS) is 18.2. The maximum atomic E-state index is 9.32. The highest BCUT2D eigenvalue weighted by Gasteiger charge is 2.17. The van der Waals surface area contributed by atoms with Crippen molar-refractivity contribution >= 4 is 17.3 Å². The zero-order valence-corrected chi connectivity index (χ0v) is 10.8. The van der Waals surface area contributed by atoms with Crippen molar-refractivity contribution in [3.63, 3.8) is 0 Å². The van der Waals surface area contributed by atoms with Gasteiger partial charge in [-0.25, -0.2) is 0 Å². The highest BCUT2D eigenvalue weighted by atomic mass is 35.5. The smallest absolute Gasteiger partial charge is 0.0642 e. The number of hydrogen-bond acceptors (Lipinski definition) is 3. The molecule has 1 heterocycles. The molecule has 1 aliphatic rings. The zero-order valence-electron chi connectivity index (χ0n) is 10.0. The molecule has 1 saturated heterocycles. The molecule has 0 spiro atoms. The lowest BCUT2D eigenvalue weighted by Gasteiger charge is -2.31. The Labute approximate surface area is 107 Å². The predicted molar refractivity (Wildman–Crippen MR) is 70.0 cm³/mol. The number of aliphatic hydroxyl groups excluding tert-OH is 1. The molecular weight excluding hydrogens is 238 g/mol. The molecule has 17 heavy (non-hydrogen) atoms. The third kappa shape index (κ3) is 2.92. The molecule has 0 bridgehead atoms. The van der Waals surface area contributed by atoms with Crippen molar-refractivity contribution < 1.29 is 9.84 Å². The fourth-order valence-electron chi connectivity index (χ4n) is 2.11. The summed E-state index contributed by atoms with van der Waals surface area (Å²) in [6.45, 7) is 5.46. The Balaban J connectivity index is 2.30. The molecule has 0 radical (unpaired) electrons. The topological polar surface area (TPSA) is 32.7 Å². The van der Waals surface area contributed by atoms with E-state index in [0.29, 0.717) is 0 Å². The van der Waals surface area contributed by atoms with Crippen LogP contribution >= 0.6 is 11.6 Å². The average molecular weight is 256 g/mol. The minimum atomic E-state index is 0.103. The second-order valence-corrected chi connectivity index (χ2v) is 4.82. The van der Waals surface area contributed by atoms with Crippen LogP contribution < -0.4 is 4.90 Å². The fourth-order valence-corrected chi connectivity index (χ4v) is 2.29. The number of morpholine rings is 1. The lowest BCUT2D eigenvalue weighted by molar-refractivity contribution is 0.122. The number of nitrogens with zero attached hydrogens (tertiary/aromatic N) is 1. The average Bonchev–Trinajstić information content (AvgIpc) is 2.38. The Kier molecular flexibility index (Phi) is 4.26. The molecule has 3 nitrogen and oxygen atoms in total. The van der Waals surface area contributed by atoms with E-state index in [9.17, 15) is 5.11 Å². The number of halogens is 1. The van der Waals surface area contributed by atoms with Crippen molar-refractivity contribution in [2.24, 2.45) is 0 Å². The summed E-state index contributed by atoms with van der Waals surface area (Å²) in [5.74, 6) is 0.103. The number of ether oxygens (including phenoxy) is 1. The van der Waals surface area contributed by atoms with Crippen molar-refractivity contribution in [2.75, 3.05) is 37.8 Å². The number of benzene rings is 1. The van der Waals surface area contributed by atoms with E-state index in [-0.39, 0.29) is 12.5 Å².